The summed E-state index contributed by atoms with van der Waals surface area (Å²) in [6, 6.07) is 11.4. The van der Waals surface area contributed by atoms with Crippen molar-refractivity contribution in [2.24, 2.45) is 0 Å². The maximum atomic E-state index is 14.0. The van der Waals surface area contributed by atoms with E-state index in [1.54, 1.807) is 30.5 Å². The zero-order chi connectivity index (χ0) is 22.9. The Balaban J connectivity index is 1.54. The minimum atomic E-state index is -0.328. The average Bonchev–Trinajstić information content (AvgIpc) is 3.32. The van der Waals surface area contributed by atoms with Gasteiger partial charge in [0.2, 0.25) is 5.95 Å². The van der Waals surface area contributed by atoms with Crippen LogP contribution in [0.1, 0.15) is 34.9 Å². The molecule has 33 heavy (non-hydrogen) atoms. The van der Waals surface area contributed by atoms with Gasteiger partial charge in [-0.2, -0.15) is 0 Å². The van der Waals surface area contributed by atoms with Crippen LogP contribution in [0, 0.1) is 5.82 Å². The second kappa shape index (κ2) is 8.69. The van der Waals surface area contributed by atoms with Gasteiger partial charge in [-0.05, 0) is 48.7 Å². The van der Waals surface area contributed by atoms with Crippen molar-refractivity contribution in [3.05, 3.63) is 65.7 Å². The molecule has 3 heterocycles. The number of carbonyl (C=O) groups excluding carboxylic acids is 1. The van der Waals surface area contributed by atoms with Crippen molar-refractivity contribution in [3.63, 3.8) is 0 Å². The van der Waals surface area contributed by atoms with Crippen molar-refractivity contribution in [2.75, 3.05) is 38.8 Å². The number of carbonyl (C=O) groups is 1. The van der Waals surface area contributed by atoms with E-state index in [-0.39, 0.29) is 17.8 Å². The van der Waals surface area contributed by atoms with Gasteiger partial charge in [0.15, 0.2) is 11.5 Å². The lowest BCUT2D eigenvalue weighted by molar-refractivity contribution is 0.0732. The Bertz CT molecular complexity index is 1200. The molecule has 0 bridgehead atoms. The van der Waals surface area contributed by atoms with Gasteiger partial charge in [-0.25, -0.2) is 14.4 Å². The SMILES string of the molecule is CN(C)c1ncc(-c2cccc(F)c2)c([C@H]2CCCN2C(=O)c2ccc3c(c2)OCCO3)n1. The highest BCUT2D eigenvalue weighted by Crippen LogP contribution is 2.39. The highest BCUT2D eigenvalue weighted by atomic mass is 19.1. The fraction of sp³-hybridized carbons (Fsp3) is 0.320. The minimum absolute atomic E-state index is 0.0929. The first-order valence-corrected chi connectivity index (χ1v) is 11.0. The van der Waals surface area contributed by atoms with E-state index in [2.05, 4.69) is 4.98 Å². The highest BCUT2D eigenvalue weighted by Gasteiger charge is 2.34. The van der Waals surface area contributed by atoms with Crippen LogP contribution in [0.15, 0.2) is 48.7 Å². The molecule has 1 saturated heterocycles. The van der Waals surface area contributed by atoms with E-state index in [4.69, 9.17) is 14.5 Å². The predicted molar refractivity (Wildman–Crippen MR) is 122 cm³/mol. The van der Waals surface area contributed by atoms with Crippen molar-refractivity contribution >= 4 is 11.9 Å². The van der Waals surface area contributed by atoms with E-state index < -0.39 is 0 Å². The third kappa shape index (κ3) is 4.08. The van der Waals surface area contributed by atoms with Crippen LogP contribution in [0.3, 0.4) is 0 Å². The standard InChI is InChI=1S/C25H25FN4O3/c1-29(2)25-27-15-19(16-5-3-6-18(26)13-16)23(28-25)20-7-4-10-30(20)24(31)17-8-9-21-22(14-17)33-12-11-32-21/h3,5-6,8-9,13-15,20H,4,7,10-12H2,1-2H3/t20-/m1/s1. The maximum absolute atomic E-state index is 14.0. The number of rotatable bonds is 4. The van der Waals surface area contributed by atoms with E-state index in [1.165, 1.54) is 12.1 Å². The van der Waals surface area contributed by atoms with Gasteiger partial charge in [0.25, 0.3) is 5.91 Å². The van der Waals surface area contributed by atoms with Crippen LogP contribution in [0.5, 0.6) is 11.5 Å². The van der Waals surface area contributed by atoms with Crippen molar-refractivity contribution in [3.8, 4) is 22.6 Å². The summed E-state index contributed by atoms with van der Waals surface area (Å²) in [5, 5.41) is 0. The Labute approximate surface area is 191 Å². The number of fused-ring (bicyclic) bond motifs is 1. The summed E-state index contributed by atoms with van der Waals surface area (Å²) in [6.07, 6.45) is 3.34. The average molecular weight is 448 g/mol. The van der Waals surface area contributed by atoms with Gasteiger partial charge in [0.1, 0.15) is 19.0 Å². The largest absolute Gasteiger partial charge is 0.486 e. The molecule has 0 N–H and O–H groups in total. The third-order valence-corrected chi connectivity index (χ3v) is 5.96. The fourth-order valence-electron chi connectivity index (χ4n) is 4.37. The Morgan fingerprint density at radius 1 is 1.12 bits per heavy atom. The molecule has 0 aliphatic carbocycles. The maximum Gasteiger partial charge on any atom is 0.254 e. The Hall–Kier alpha value is -3.68. The van der Waals surface area contributed by atoms with Gasteiger partial charge >= 0.3 is 0 Å². The molecule has 1 aromatic heterocycles. The number of ether oxygens (including phenoxy) is 2. The summed E-state index contributed by atoms with van der Waals surface area (Å²) >= 11 is 0. The van der Waals surface area contributed by atoms with Crippen LogP contribution in [0.25, 0.3) is 11.1 Å². The number of hydrogen-bond acceptors (Lipinski definition) is 6. The lowest BCUT2D eigenvalue weighted by Gasteiger charge is -2.27. The van der Waals surface area contributed by atoms with E-state index in [1.807, 2.05) is 30.0 Å². The monoisotopic (exact) mass is 448 g/mol. The molecule has 2 aliphatic heterocycles. The first-order valence-electron chi connectivity index (χ1n) is 11.0. The summed E-state index contributed by atoms with van der Waals surface area (Å²) in [5.74, 6) is 1.36. The normalized spacial score (nSPS) is 17.2. The molecule has 0 unspecified atom stereocenters. The molecular weight excluding hydrogens is 423 g/mol. The molecule has 0 radical (unpaired) electrons. The van der Waals surface area contributed by atoms with Crippen molar-refractivity contribution in [1.82, 2.24) is 14.9 Å². The first kappa shape index (κ1) is 21.2. The molecule has 1 atom stereocenters. The molecule has 1 amide bonds. The van der Waals surface area contributed by atoms with Crippen LogP contribution in [-0.2, 0) is 0 Å². The number of halogens is 1. The molecule has 2 aromatic carbocycles. The molecule has 2 aliphatic rings. The molecule has 170 valence electrons. The van der Waals surface area contributed by atoms with Gasteiger partial charge in [-0.1, -0.05) is 12.1 Å². The fourth-order valence-corrected chi connectivity index (χ4v) is 4.37. The van der Waals surface area contributed by atoms with Crippen LogP contribution in [0.4, 0.5) is 10.3 Å². The molecule has 5 rings (SSSR count). The summed E-state index contributed by atoms with van der Waals surface area (Å²) in [6.45, 7) is 1.57. The summed E-state index contributed by atoms with van der Waals surface area (Å²) in [5.41, 5.74) is 2.68. The number of nitrogens with zero attached hydrogens (tertiary/aromatic N) is 4. The van der Waals surface area contributed by atoms with Crippen LogP contribution >= 0.6 is 0 Å². The summed E-state index contributed by atoms with van der Waals surface area (Å²) in [7, 11) is 3.74. The number of likely N-dealkylation sites (tertiary alicyclic amines) is 1. The van der Waals surface area contributed by atoms with Crippen molar-refractivity contribution < 1.29 is 18.7 Å². The molecular formula is C25H25FN4O3. The third-order valence-electron chi connectivity index (χ3n) is 5.96. The molecule has 8 heteroatoms. The quantitative estimate of drug-likeness (QED) is 0.599. The van der Waals surface area contributed by atoms with Crippen molar-refractivity contribution in [2.45, 2.75) is 18.9 Å². The first-order chi connectivity index (χ1) is 16.0. The van der Waals surface area contributed by atoms with Gasteiger partial charge in [0.05, 0.1) is 11.7 Å². The lowest BCUT2D eigenvalue weighted by atomic mass is 9.99. The Morgan fingerprint density at radius 3 is 2.73 bits per heavy atom. The Morgan fingerprint density at radius 2 is 1.94 bits per heavy atom. The number of anilines is 1. The van der Waals surface area contributed by atoms with Gasteiger partial charge in [-0.15, -0.1) is 0 Å². The lowest BCUT2D eigenvalue weighted by Crippen LogP contribution is -2.32. The second-order valence-corrected chi connectivity index (χ2v) is 8.39. The van der Waals surface area contributed by atoms with E-state index in [0.717, 1.165) is 24.1 Å². The van der Waals surface area contributed by atoms with E-state index in [0.29, 0.717) is 48.3 Å². The number of hydrogen-bond donors (Lipinski definition) is 0. The molecule has 1 fully saturated rings. The summed E-state index contributed by atoms with van der Waals surface area (Å²) in [4.78, 5) is 26.5. The predicted octanol–water partition coefficient (Wildman–Crippen LogP) is 4.10. The van der Waals surface area contributed by atoms with E-state index >= 15 is 0 Å². The number of benzene rings is 2. The second-order valence-electron chi connectivity index (χ2n) is 8.39. The van der Waals surface area contributed by atoms with E-state index in [9.17, 15) is 9.18 Å². The zero-order valence-corrected chi connectivity index (χ0v) is 18.6. The number of amides is 1. The molecule has 3 aromatic rings. The topological polar surface area (TPSA) is 67.8 Å². The number of aromatic nitrogens is 2. The van der Waals surface area contributed by atoms with Gasteiger partial charge in [0, 0.05) is 38.0 Å². The molecule has 7 nitrogen and oxygen atoms in total. The van der Waals surface area contributed by atoms with Crippen LogP contribution in [-0.4, -0.2) is 54.6 Å². The zero-order valence-electron chi connectivity index (χ0n) is 18.6. The molecule has 0 saturated carbocycles. The Kier molecular flexibility index (Phi) is 5.58. The van der Waals surface area contributed by atoms with Crippen LogP contribution < -0.4 is 14.4 Å². The minimum Gasteiger partial charge on any atom is -0.486 e. The smallest absolute Gasteiger partial charge is 0.254 e. The summed E-state index contributed by atoms with van der Waals surface area (Å²) < 4.78 is 25.2. The molecule has 0 spiro atoms. The van der Waals surface area contributed by atoms with Gasteiger partial charge < -0.3 is 19.3 Å². The van der Waals surface area contributed by atoms with Gasteiger partial charge in [-0.3, -0.25) is 4.79 Å². The van der Waals surface area contributed by atoms with Crippen molar-refractivity contribution in [1.29, 1.82) is 0 Å². The highest BCUT2D eigenvalue weighted by molar-refractivity contribution is 5.95. The van der Waals surface area contributed by atoms with Crippen LogP contribution in [0.2, 0.25) is 0 Å².